The molecule has 0 N–H and O–H groups in total. The molecule has 0 saturated heterocycles. The molecule has 0 fully saturated rings. The first-order valence-corrected chi connectivity index (χ1v) is 9.60. The summed E-state index contributed by atoms with van der Waals surface area (Å²) >= 11 is 2.78. The molecule has 2 aromatic heterocycles. The zero-order valence-corrected chi connectivity index (χ0v) is 15.1. The van der Waals surface area contributed by atoms with Crippen LogP contribution in [0.5, 0.6) is 0 Å². The van der Waals surface area contributed by atoms with E-state index in [4.69, 9.17) is 0 Å². The molecule has 6 heteroatoms. The highest BCUT2D eigenvalue weighted by atomic mass is 32.1. The topological polar surface area (TPSA) is 44.0 Å². The van der Waals surface area contributed by atoms with Crippen LogP contribution in [-0.4, -0.2) is 7.91 Å². The maximum Gasteiger partial charge on any atom is 0.273 e. The second kappa shape index (κ2) is 5.79. The Kier molecular flexibility index (Phi) is 3.41. The summed E-state index contributed by atoms with van der Waals surface area (Å²) in [6.45, 7) is 0. The van der Waals surface area contributed by atoms with Gasteiger partial charge < -0.3 is 0 Å². The monoisotopic (exact) mass is 376 g/mol. The van der Waals surface area contributed by atoms with Crippen molar-refractivity contribution in [2.75, 3.05) is 0 Å². The van der Waals surface area contributed by atoms with Gasteiger partial charge >= 0.3 is 0 Å². The van der Waals surface area contributed by atoms with Crippen LogP contribution in [0.3, 0.4) is 0 Å². The molecule has 0 aliphatic heterocycles. The van der Waals surface area contributed by atoms with Gasteiger partial charge in [0.1, 0.15) is 0 Å². The molecule has 5 aromatic rings. The number of benzene rings is 3. The lowest BCUT2D eigenvalue weighted by molar-refractivity contribution is 1.07. The number of aromatic nitrogens is 2. The Morgan fingerprint density at radius 2 is 0.923 bits per heavy atom. The number of para-hydroxylation sites is 2. The summed E-state index contributed by atoms with van der Waals surface area (Å²) in [5.74, 6) is 0. The number of hydrogen-bond donors (Lipinski definition) is 0. The molecule has 126 valence electrons. The SMILES string of the molecule is O=c1c2ccccc2sn1-c1ccccc1-n1sc2ccccc2c1=O. The molecule has 5 rings (SSSR count). The summed E-state index contributed by atoms with van der Waals surface area (Å²) in [5, 5.41) is 1.38. The maximum atomic E-state index is 12.9. The second-order valence-corrected chi connectivity index (χ2v) is 7.84. The zero-order valence-electron chi connectivity index (χ0n) is 13.5. The van der Waals surface area contributed by atoms with Gasteiger partial charge in [-0.25, -0.2) is 7.91 Å². The predicted octanol–water partition coefficient (Wildman–Crippen LogP) is 4.42. The van der Waals surface area contributed by atoms with Gasteiger partial charge in [-0.15, -0.1) is 0 Å². The van der Waals surface area contributed by atoms with Crippen LogP contribution in [0.4, 0.5) is 0 Å². The summed E-state index contributed by atoms with van der Waals surface area (Å²) in [4.78, 5) is 25.7. The first kappa shape index (κ1) is 15.3. The number of rotatable bonds is 2. The second-order valence-electron chi connectivity index (χ2n) is 5.86. The first-order valence-electron chi connectivity index (χ1n) is 8.06. The van der Waals surface area contributed by atoms with Crippen molar-refractivity contribution in [1.82, 2.24) is 7.91 Å². The van der Waals surface area contributed by atoms with Crippen LogP contribution < -0.4 is 11.1 Å². The van der Waals surface area contributed by atoms with Gasteiger partial charge in [0.15, 0.2) is 0 Å². The molecule has 2 heterocycles. The highest BCUT2D eigenvalue weighted by Crippen LogP contribution is 2.27. The van der Waals surface area contributed by atoms with Crippen LogP contribution in [0, 0.1) is 0 Å². The standard InChI is InChI=1S/C20H12N2O2S2/c23-19-13-7-1-5-11-17(13)25-21(19)15-9-3-4-10-16(15)22-20(24)14-8-2-6-12-18(14)26-22/h1-12H. The van der Waals surface area contributed by atoms with E-state index in [0.29, 0.717) is 22.1 Å². The minimum Gasteiger partial charge on any atom is -0.267 e. The molecule has 0 unspecified atom stereocenters. The lowest BCUT2D eigenvalue weighted by Crippen LogP contribution is -2.17. The van der Waals surface area contributed by atoms with Crippen LogP contribution in [0.25, 0.3) is 31.5 Å². The van der Waals surface area contributed by atoms with Crippen LogP contribution in [0.1, 0.15) is 0 Å². The zero-order chi connectivity index (χ0) is 17.7. The third-order valence-corrected chi connectivity index (χ3v) is 6.50. The third-order valence-electron chi connectivity index (χ3n) is 4.30. The molecule has 0 bridgehead atoms. The Morgan fingerprint density at radius 3 is 1.35 bits per heavy atom. The molecular formula is C20H12N2O2S2. The fourth-order valence-corrected chi connectivity index (χ4v) is 5.12. The van der Waals surface area contributed by atoms with Crippen molar-refractivity contribution < 1.29 is 0 Å². The van der Waals surface area contributed by atoms with Gasteiger partial charge in [0.2, 0.25) is 0 Å². The van der Waals surface area contributed by atoms with Crippen molar-refractivity contribution in [1.29, 1.82) is 0 Å². The molecule has 4 nitrogen and oxygen atoms in total. The maximum absolute atomic E-state index is 12.9. The van der Waals surface area contributed by atoms with E-state index >= 15 is 0 Å². The van der Waals surface area contributed by atoms with Crippen molar-refractivity contribution >= 4 is 43.2 Å². The molecule has 0 aliphatic rings. The summed E-state index contributed by atoms with van der Waals surface area (Å²) in [6.07, 6.45) is 0. The Morgan fingerprint density at radius 1 is 0.538 bits per heavy atom. The fourth-order valence-electron chi connectivity index (χ4n) is 3.07. The molecule has 0 aliphatic carbocycles. The van der Waals surface area contributed by atoms with Crippen LogP contribution >= 0.6 is 23.1 Å². The Labute approximate surface area is 156 Å². The van der Waals surface area contributed by atoms with Gasteiger partial charge in [-0.2, -0.15) is 0 Å². The van der Waals surface area contributed by atoms with E-state index in [0.717, 1.165) is 9.40 Å². The predicted molar refractivity (Wildman–Crippen MR) is 108 cm³/mol. The van der Waals surface area contributed by atoms with Gasteiger partial charge in [-0.3, -0.25) is 9.59 Å². The fraction of sp³-hybridized carbons (Fsp3) is 0. The van der Waals surface area contributed by atoms with Gasteiger partial charge in [-0.1, -0.05) is 59.5 Å². The first-order chi connectivity index (χ1) is 12.7. The molecule has 0 spiro atoms. The van der Waals surface area contributed by atoms with Crippen molar-refractivity contribution in [2.24, 2.45) is 0 Å². The summed E-state index contributed by atoms with van der Waals surface area (Å²) in [7, 11) is 0. The van der Waals surface area contributed by atoms with E-state index in [9.17, 15) is 9.59 Å². The van der Waals surface area contributed by atoms with Crippen molar-refractivity contribution in [3.05, 3.63) is 93.5 Å². The summed E-state index contributed by atoms with van der Waals surface area (Å²) < 4.78 is 5.18. The molecule has 0 amide bonds. The van der Waals surface area contributed by atoms with E-state index < -0.39 is 0 Å². The van der Waals surface area contributed by atoms with Gasteiger partial charge in [-0.05, 0) is 36.4 Å². The number of fused-ring (bicyclic) bond motifs is 2. The van der Waals surface area contributed by atoms with E-state index in [1.165, 1.54) is 23.1 Å². The normalized spacial score (nSPS) is 11.4. The lowest BCUT2D eigenvalue weighted by Gasteiger charge is -2.08. The summed E-state index contributed by atoms with van der Waals surface area (Å²) in [6, 6.07) is 22.6. The molecule has 26 heavy (non-hydrogen) atoms. The highest BCUT2D eigenvalue weighted by Gasteiger charge is 2.16. The quantitative estimate of drug-likeness (QED) is 0.458. The molecule has 3 aromatic carbocycles. The summed E-state index contributed by atoms with van der Waals surface area (Å²) in [5.41, 5.74) is 1.30. The van der Waals surface area contributed by atoms with Gasteiger partial charge in [0.25, 0.3) is 11.1 Å². The average molecular weight is 376 g/mol. The minimum absolute atomic E-state index is 0.0628. The number of hydrogen-bond acceptors (Lipinski definition) is 4. The number of nitrogens with zero attached hydrogens (tertiary/aromatic N) is 2. The molecule has 0 radical (unpaired) electrons. The third kappa shape index (κ3) is 2.20. The van der Waals surface area contributed by atoms with Crippen LogP contribution in [-0.2, 0) is 0 Å². The van der Waals surface area contributed by atoms with Crippen molar-refractivity contribution in [2.45, 2.75) is 0 Å². The van der Waals surface area contributed by atoms with Crippen LogP contribution in [0.2, 0.25) is 0 Å². The Balaban J connectivity index is 1.82. The van der Waals surface area contributed by atoms with Crippen molar-refractivity contribution in [3.8, 4) is 11.4 Å². The smallest absolute Gasteiger partial charge is 0.267 e. The average Bonchev–Trinajstić information content (AvgIpc) is 3.20. The molecule has 0 atom stereocenters. The lowest BCUT2D eigenvalue weighted by atomic mass is 10.2. The largest absolute Gasteiger partial charge is 0.273 e. The Hall–Kier alpha value is -2.96. The molecule has 0 saturated carbocycles. The van der Waals surface area contributed by atoms with Crippen molar-refractivity contribution in [3.63, 3.8) is 0 Å². The minimum atomic E-state index is -0.0628. The van der Waals surface area contributed by atoms with Crippen LogP contribution in [0.15, 0.2) is 82.4 Å². The van der Waals surface area contributed by atoms with E-state index in [2.05, 4.69) is 0 Å². The van der Waals surface area contributed by atoms with Gasteiger partial charge in [0, 0.05) is 0 Å². The highest BCUT2D eigenvalue weighted by molar-refractivity contribution is 7.14. The Bertz CT molecular complexity index is 1280. The van der Waals surface area contributed by atoms with Gasteiger partial charge in [0.05, 0.1) is 31.5 Å². The van der Waals surface area contributed by atoms with E-state index in [-0.39, 0.29) is 11.1 Å². The van der Waals surface area contributed by atoms with E-state index in [1.807, 2.05) is 72.8 Å². The molecular weight excluding hydrogens is 364 g/mol. The van der Waals surface area contributed by atoms with E-state index in [1.54, 1.807) is 7.91 Å².